The highest BCUT2D eigenvalue weighted by atomic mass is 127. The van der Waals surface area contributed by atoms with Crippen LogP contribution in [0.2, 0.25) is 10.2 Å². The standard InChI is InChI=1S/C14H14Cl2IN3/c1-14(2,3)13-19-11(16)7-12(20-13)18-10-5-4-8(17)6-9(10)15/h4-7H,1-3H3,(H,18,19,20). The molecule has 0 fully saturated rings. The number of aromatic nitrogens is 2. The molecule has 20 heavy (non-hydrogen) atoms. The lowest BCUT2D eigenvalue weighted by molar-refractivity contribution is 0.546. The molecule has 0 spiro atoms. The summed E-state index contributed by atoms with van der Waals surface area (Å²) < 4.78 is 1.08. The van der Waals surface area contributed by atoms with Crippen molar-refractivity contribution in [1.29, 1.82) is 0 Å². The van der Waals surface area contributed by atoms with Gasteiger partial charge in [-0.25, -0.2) is 9.97 Å². The zero-order valence-corrected chi connectivity index (χ0v) is 15.0. The minimum absolute atomic E-state index is 0.169. The second-order valence-electron chi connectivity index (χ2n) is 5.40. The van der Waals surface area contributed by atoms with E-state index in [-0.39, 0.29) is 5.41 Å². The van der Waals surface area contributed by atoms with Crippen LogP contribution in [0.5, 0.6) is 0 Å². The van der Waals surface area contributed by atoms with Crippen molar-refractivity contribution in [3.63, 3.8) is 0 Å². The van der Waals surface area contributed by atoms with Crippen LogP contribution < -0.4 is 5.32 Å². The first-order chi connectivity index (χ1) is 9.25. The van der Waals surface area contributed by atoms with E-state index in [0.717, 1.165) is 9.26 Å². The topological polar surface area (TPSA) is 37.8 Å². The van der Waals surface area contributed by atoms with Crippen molar-refractivity contribution < 1.29 is 0 Å². The highest BCUT2D eigenvalue weighted by Crippen LogP contribution is 2.28. The fourth-order valence-corrected chi connectivity index (χ4v) is 2.63. The van der Waals surface area contributed by atoms with Gasteiger partial charge in [0, 0.05) is 15.1 Å². The Labute approximate surface area is 142 Å². The summed E-state index contributed by atoms with van der Waals surface area (Å²) >= 11 is 14.5. The van der Waals surface area contributed by atoms with E-state index in [0.29, 0.717) is 21.8 Å². The number of benzene rings is 1. The summed E-state index contributed by atoms with van der Waals surface area (Å²) in [5.74, 6) is 1.33. The van der Waals surface area contributed by atoms with Gasteiger partial charge in [0.05, 0.1) is 10.7 Å². The molecule has 0 aliphatic heterocycles. The number of nitrogens with zero attached hydrogens (tertiary/aromatic N) is 2. The third-order valence-corrected chi connectivity index (χ3v) is 3.74. The van der Waals surface area contributed by atoms with Crippen LogP contribution in [0.3, 0.4) is 0 Å². The minimum atomic E-state index is -0.169. The van der Waals surface area contributed by atoms with Gasteiger partial charge in [0.2, 0.25) is 0 Å². The Morgan fingerprint density at radius 3 is 2.40 bits per heavy atom. The van der Waals surface area contributed by atoms with Crippen LogP contribution >= 0.6 is 45.8 Å². The van der Waals surface area contributed by atoms with Crippen molar-refractivity contribution in [3.8, 4) is 0 Å². The van der Waals surface area contributed by atoms with Crippen LogP contribution in [0.25, 0.3) is 0 Å². The fourth-order valence-electron chi connectivity index (χ4n) is 1.55. The highest BCUT2D eigenvalue weighted by Gasteiger charge is 2.19. The molecule has 2 aromatic rings. The van der Waals surface area contributed by atoms with Gasteiger partial charge in [-0.2, -0.15) is 0 Å². The van der Waals surface area contributed by atoms with Crippen LogP contribution in [0.4, 0.5) is 11.5 Å². The van der Waals surface area contributed by atoms with E-state index in [1.165, 1.54) is 0 Å². The van der Waals surface area contributed by atoms with Gasteiger partial charge >= 0.3 is 0 Å². The van der Waals surface area contributed by atoms with E-state index in [2.05, 4.69) is 37.9 Å². The predicted octanol–water partition coefficient (Wildman–Crippen LogP) is 5.43. The number of halogens is 3. The van der Waals surface area contributed by atoms with Crippen molar-refractivity contribution in [2.75, 3.05) is 5.32 Å². The minimum Gasteiger partial charge on any atom is -0.339 e. The summed E-state index contributed by atoms with van der Waals surface area (Å²) in [4.78, 5) is 8.76. The molecule has 0 aliphatic carbocycles. The number of rotatable bonds is 2. The maximum atomic E-state index is 6.21. The third kappa shape index (κ3) is 3.96. The van der Waals surface area contributed by atoms with Crippen LogP contribution in [0.1, 0.15) is 26.6 Å². The molecule has 0 saturated heterocycles. The number of hydrogen-bond acceptors (Lipinski definition) is 3. The lowest BCUT2D eigenvalue weighted by Gasteiger charge is -2.18. The average molecular weight is 422 g/mol. The predicted molar refractivity (Wildman–Crippen MR) is 93.2 cm³/mol. The van der Waals surface area contributed by atoms with E-state index < -0.39 is 0 Å². The number of hydrogen-bond donors (Lipinski definition) is 1. The molecule has 1 heterocycles. The zero-order valence-electron chi connectivity index (χ0n) is 11.3. The molecule has 1 aromatic heterocycles. The van der Waals surface area contributed by atoms with E-state index in [1.54, 1.807) is 6.07 Å². The van der Waals surface area contributed by atoms with E-state index >= 15 is 0 Å². The van der Waals surface area contributed by atoms with Gasteiger partial charge < -0.3 is 5.32 Å². The van der Waals surface area contributed by atoms with Crippen LogP contribution in [0, 0.1) is 3.57 Å². The van der Waals surface area contributed by atoms with E-state index in [9.17, 15) is 0 Å². The molecule has 0 radical (unpaired) electrons. The van der Waals surface area contributed by atoms with Crippen molar-refractivity contribution in [2.45, 2.75) is 26.2 Å². The third-order valence-electron chi connectivity index (χ3n) is 2.56. The van der Waals surface area contributed by atoms with E-state index in [4.69, 9.17) is 23.2 Å². The normalized spacial score (nSPS) is 11.5. The van der Waals surface area contributed by atoms with E-state index in [1.807, 2.05) is 39.0 Å². The van der Waals surface area contributed by atoms with Crippen molar-refractivity contribution >= 4 is 57.3 Å². The number of nitrogens with one attached hydrogen (secondary N) is 1. The van der Waals surface area contributed by atoms with Gasteiger partial charge in [0.15, 0.2) is 0 Å². The van der Waals surface area contributed by atoms with Gasteiger partial charge in [0.1, 0.15) is 16.8 Å². The maximum Gasteiger partial charge on any atom is 0.137 e. The summed E-state index contributed by atoms with van der Waals surface area (Å²) in [6, 6.07) is 7.46. The summed E-state index contributed by atoms with van der Waals surface area (Å²) in [5.41, 5.74) is 0.624. The van der Waals surface area contributed by atoms with Crippen molar-refractivity contribution in [3.05, 3.63) is 43.8 Å². The highest BCUT2D eigenvalue weighted by molar-refractivity contribution is 14.1. The molecule has 0 atom stereocenters. The molecule has 0 aliphatic rings. The van der Waals surface area contributed by atoms with Crippen LogP contribution in [-0.2, 0) is 5.41 Å². The largest absolute Gasteiger partial charge is 0.339 e. The number of anilines is 2. The smallest absolute Gasteiger partial charge is 0.137 e. The molecule has 106 valence electrons. The maximum absolute atomic E-state index is 6.21. The Morgan fingerprint density at radius 1 is 1.10 bits per heavy atom. The molecule has 1 aromatic carbocycles. The monoisotopic (exact) mass is 421 g/mol. The lowest BCUT2D eigenvalue weighted by Crippen LogP contribution is -2.16. The van der Waals surface area contributed by atoms with Crippen LogP contribution in [0.15, 0.2) is 24.3 Å². The van der Waals surface area contributed by atoms with Gasteiger partial charge in [0.25, 0.3) is 0 Å². The molecule has 0 bridgehead atoms. The van der Waals surface area contributed by atoms with Crippen LogP contribution in [-0.4, -0.2) is 9.97 Å². The average Bonchev–Trinajstić information content (AvgIpc) is 2.31. The van der Waals surface area contributed by atoms with Crippen molar-refractivity contribution in [1.82, 2.24) is 9.97 Å². The first-order valence-electron chi connectivity index (χ1n) is 6.03. The van der Waals surface area contributed by atoms with Gasteiger partial charge in [-0.05, 0) is 40.8 Å². The SMILES string of the molecule is CC(C)(C)c1nc(Cl)cc(Nc2ccc(I)cc2Cl)n1. The Balaban J connectivity index is 2.36. The summed E-state index contributed by atoms with van der Waals surface area (Å²) in [6.45, 7) is 6.13. The fraction of sp³-hybridized carbons (Fsp3) is 0.286. The first-order valence-corrected chi connectivity index (χ1v) is 7.86. The molecule has 0 saturated carbocycles. The quantitative estimate of drug-likeness (QED) is 0.519. The second-order valence-corrected chi connectivity index (χ2v) is 7.44. The molecular formula is C14H14Cl2IN3. The Bertz CT molecular complexity index is 639. The summed E-state index contributed by atoms with van der Waals surface area (Å²) in [7, 11) is 0. The van der Waals surface area contributed by atoms with Crippen molar-refractivity contribution in [2.24, 2.45) is 0 Å². The first kappa shape index (κ1) is 15.8. The van der Waals surface area contributed by atoms with Gasteiger partial charge in [-0.1, -0.05) is 44.0 Å². The van der Waals surface area contributed by atoms with Gasteiger partial charge in [-0.15, -0.1) is 0 Å². The molecule has 2 rings (SSSR count). The second kappa shape index (κ2) is 6.03. The molecule has 0 unspecified atom stereocenters. The molecule has 1 N–H and O–H groups in total. The lowest BCUT2D eigenvalue weighted by atomic mass is 9.96. The Morgan fingerprint density at radius 2 is 1.80 bits per heavy atom. The molecule has 3 nitrogen and oxygen atoms in total. The summed E-state index contributed by atoms with van der Waals surface area (Å²) in [5, 5.41) is 4.24. The molecule has 0 amide bonds. The Kier molecular flexibility index (Phi) is 4.76. The molecule has 6 heteroatoms. The molecular weight excluding hydrogens is 408 g/mol. The summed E-state index contributed by atoms with van der Waals surface area (Å²) in [6.07, 6.45) is 0. The Hall–Kier alpha value is -0.590. The van der Waals surface area contributed by atoms with Gasteiger partial charge in [-0.3, -0.25) is 0 Å². The zero-order chi connectivity index (χ0) is 14.9.